The van der Waals surface area contributed by atoms with E-state index in [0.717, 1.165) is 17.5 Å². The van der Waals surface area contributed by atoms with Gasteiger partial charge in [-0.2, -0.15) is 0 Å². The smallest absolute Gasteiger partial charge is 0.264 e. The van der Waals surface area contributed by atoms with Crippen molar-refractivity contribution in [3.05, 3.63) is 36.2 Å². The van der Waals surface area contributed by atoms with Crippen LogP contribution in [0.25, 0.3) is 22.1 Å². The number of aryl methyl sites for hydroxylation is 1. The number of rotatable bonds is 2. The minimum absolute atomic E-state index is 0.309. The van der Waals surface area contributed by atoms with E-state index >= 15 is 8.78 Å². The molecule has 0 aromatic carbocycles. The lowest BCUT2D eigenvalue weighted by atomic mass is 10.1. The minimum Gasteiger partial charge on any atom is -0.369 e. The molecule has 0 bridgehead atoms. The second kappa shape index (κ2) is 12.3. The second-order valence-electron chi connectivity index (χ2n) is 12.5. The quantitative estimate of drug-likeness (QED) is 0.227. The van der Waals surface area contributed by atoms with Gasteiger partial charge in [0, 0.05) is 25.4 Å². The van der Waals surface area contributed by atoms with E-state index in [2.05, 4.69) is 30.7 Å². The van der Waals surface area contributed by atoms with Crippen LogP contribution >= 0.6 is 14.9 Å². The summed E-state index contributed by atoms with van der Waals surface area (Å²) in [6.45, 7) is -0.321. The molecule has 4 radical (unpaired) electrons. The average molecular weight is 730 g/mol. The number of hydrogen-bond donors (Lipinski definition) is 2. The molecule has 0 aliphatic carbocycles. The SMILES string of the molecule is [B]P1(=O)OCC2OC(n3cc4c5c(ncnc53)NOCC4)C(F)C2OP([B])(=O)OCC2OC(n3cc4c5c(ncnc53)NCCC4)C(F)C2O1. The van der Waals surface area contributed by atoms with Crippen molar-refractivity contribution >= 4 is 63.8 Å². The third-order valence-electron chi connectivity index (χ3n) is 9.39. The van der Waals surface area contributed by atoms with Crippen molar-refractivity contribution in [1.29, 1.82) is 0 Å². The predicted octanol–water partition coefficient (Wildman–Crippen LogP) is 2.98. The van der Waals surface area contributed by atoms with Crippen LogP contribution < -0.4 is 10.8 Å². The lowest BCUT2D eigenvalue weighted by Gasteiger charge is -2.29. The van der Waals surface area contributed by atoms with Crippen LogP contribution in [0.3, 0.4) is 0 Å². The van der Waals surface area contributed by atoms with Gasteiger partial charge in [-0.1, -0.05) is 0 Å². The summed E-state index contributed by atoms with van der Waals surface area (Å²) in [5.74, 6) is 0.991. The van der Waals surface area contributed by atoms with Gasteiger partial charge >= 0.3 is 0 Å². The molecule has 23 heteroatoms. The van der Waals surface area contributed by atoms with Gasteiger partial charge in [0.2, 0.25) is 15.1 Å². The van der Waals surface area contributed by atoms with Gasteiger partial charge < -0.3 is 42.0 Å². The normalized spacial score (nSPS) is 37.5. The number of alkyl halides is 2. The van der Waals surface area contributed by atoms with Crippen molar-refractivity contribution in [2.24, 2.45) is 0 Å². The number of fused-ring (bicyclic) bond motifs is 2. The van der Waals surface area contributed by atoms with E-state index < -0.39 is 77.4 Å². The lowest BCUT2D eigenvalue weighted by Crippen LogP contribution is -2.37. The Balaban J connectivity index is 1.00. The fourth-order valence-electron chi connectivity index (χ4n) is 7.18. The van der Waals surface area contributed by atoms with Gasteiger partial charge in [0.05, 0.1) is 30.6 Å². The van der Waals surface area contributed by atoms with Crippen LogP contribution in [0.1, 0.15) is 30.0 Å². The summed E-state index contributed by atoms with van der Waals surface area (Å²) < 4.78 is 96.8. The first-order valence-electron chi connectivity index (χ1n) is 15.9. The van der Waals surface area contributed by atoms with Crippen molar-refractivity contribution < 1.29 is 50.3 Å². The topological polar surface area (TPSA) is 184 Å². The third kappa shape index (κ3) is 5.58. The van der Waals surface area contributed by atoms with Gasteiger partial charge in [-0.15, -0.1) is 0 Å². The largest absolute Gasteiger partial charge is 0.369 e. The van der Waals surface area contributed by atoms with Crippen LogP contribution in [-0.2, 0) is 54.4 Å². The molecule has 5 aliphatic rings. The maximum Gasteiger partial charge on any atom is 0.264 e. The van der Waals surface area contributed by atoms with E-state index in [4.69, 9.17) is 47.5 Å². The molecule has 50 heavy (non-hydrogen) atoms. The minimum atomic E-state index is -4.58. The molecule has 260 valence electrons. The number of nitrogens with one attached hydrogen (secondary N) is 2. The standard InChI is InChI=1S/C27H28B2F2N8O9P2/c28-49(40)44-9-15-21(19(31)27(46-15)39-7-13-3-5-42-37-23-17(13)25(39)36-11-34-23)48-50(29,41)43-8-14-20(47-49)18(30)26(45-14)38-6-12-2-1-4-32-22-16(12)24(38)35-10-33-22/h6-7,10-11,14-15,18-21,26-27H,1-5,8-9H2,(H,32,33,35)(H,34,36,37). The first-order valence-corrected chi connectivity index (χ1v) is 19.1. The molecule has 9 heterocycles. The van der Waals surface area contributed by atoms with E-state index in [1.165, 1.54) is 21.8 Å². The fourth-order valence-corrected chi connectivity index (χ4v) is 9.19. The van der Waals surface area contributed by atoms with Crippen LogP contribution in [0.5, 0.6) is 0 Å². The summed E-state index contributed by atoms with van der Waals surface area (Å²) in [6, 6.07) is 0. The molecule has 0 amide bonds. The summed E-state index contributed by atoms with van der Waals surface area (Å²) in [7, 11) is 2.78. The number of aromatic nitrogens is 6. The fraction of sp³-hybridized carbons (Fsp3) is 0.556. The van der Waals surface area contributed by atoms with Crippen LogP contribution in [0.4, 0.5) is 20.4 Å². The molecular weight excluding hydrogens is 702 g/mol. The van der Waals surface area contributed by atoms with Crippen LogP contribution in [0, 0.1) is 0 Å². The first-order chi connectivity index (χ1) is 24.1. The molecule has 3 saturated heterocycles. The number of hydrogen-bond acceptors (Lipinski definition) is 15. The van der Waals surface area contributed by atoms with Crippen LogP contribution in [0.2, 0.25) is 0 Å². The zero-order valence-corrected chi connectivity index (χ0v) is 27.8. The Morgan fingerprint density at radius 1 is 0.780 bits per heavy atom. The van der Waals surface area contributed by atoms with E-state index in [1.54, 1.807) is 12.4 Å². The van der Waals surface area contributed by atoms with E-state index in [9.17, 15) is 9.13 Å². The molecule has 2 N–H and O–H groups in total. The highest BCUT2D eigenvalue weighted by atomic mass is 31.2. The maximum absolute atomic E-state index is 16.4. The first kappa shape index (κ1) is 32.9. The van der Waals surface area contributed by atoms with Gasteiger partial charge in [0.1, 0.15) is 54.2 Å². The Bertz CT molecular complexity index is 1940. The monoisotopic (exact) mass is 730 g/mol. The zero-order valence-electron chi connectivity index (χ0n) is 26.0. The molecule has 0 spiro atoms. The van der Waals surface area contributed by atoms with E-state index in [-0.39, 0.29) is 0 Å². The van der Waals surface area contributed by atoms with Crippen molar-refractivity contribution in [2.75, 3.05) is 37.2 Å². The van der Waals surface area contributed by atoms with Crippen molar-refractivity contribution in [3.63, 3.8) is 0 Å². The highest BCUT2D eigenvalue weighted by Gasteiger charge is 2.54. The molecule has 4 aromatic heterocycles. The van der Waals surface area contributed by atoms with Crippen LogP contribution in [0.15, 0.2) is 25.0 Å². The van der Waals surface area contributed by atoms with Gasteiger partial charge in [-0.25, -0.2) is 34.2 Å². The van der Waals surface area contributed by atoms with Gasteiger partial charge in [-0.3, -0.25) is 14.0 Å². The Morgan fingerprint density at radius 3 is 1.92 bits per heavy atom. The van der Waals surface area contributed by atoms with E-state index in [1.807, 2.05) is 0 Å². The second-order valence-corrected chi connectivity index (χ2v) is 15.6. The number of halogens is 2. The summed E-state index contributed by atoms with van der Waals surface area (Å²) in [6.07, 6.45) is -4.86. The molecule has 0 saturated carbocycles. The predicted molar refractivity (Wildman–Crippen MR) is 171 cm³/mol. The van der Waals surface area contributed by atoms with E-state index in [0.29, 0.717) is 59.7 Å². The molecule has 5 aliphatic heterocycles. The summed E-state index contributed by atoms with van der Waals surface area (Å²) >= 11 is 0. The van der Waals surface area contributed by atoms with Gasteiger partial charge in [-0.05, 0) is 24.0 Å². The maximum atomic E-state index is 16.4. The van der Waals surface area contributed by atoms with Crippen molar-refractivity contribution in [1.82, 2.24) is 29.1 Å². The lowest BCUT2D eigenvalue weighted by molar-refractivity contribution is -0.0547. The molecule has 3 fully saturated rings. The highest BCUT2D eigenvalue weighted by Crippen LogP contribution is 2.54. The average Bonchev–Trinajstić information content (AvgIpc) is 3.71. The Kier molecular flexibility index (Phi) is 8.10. The number of anilines is 2. The third-order valence-corrected chi connectivity index (χ3v) is 11.5. The summed E-state index contributed by atoms with van der Waals surface area (Å²) in [5, 5.41) is 4.56. The molecule has 10 unspecified atom stereocenters. The molecule has 9 rings (SSSR count). The summed E-state index contributed by atoms with van der Waals surface area (Å²) in [5.41, 5.74) is 5.10. The van der Waals surface area contributed by atoms with Gasteiger partial charge in [0.15, 0.2) is 30.6 Å². The molecule has 17 nitrogen and oxygen atoms in total. The van der Waals surface area contributed by atoms with Crippen molar-refractivity contribution in [3.8, 4) is 0 Å². The molecule has 10 atom stereocenters. The summed E-state index contributed by atoms with van der Waals surface area (Å²) in [4.78, 5) is 22.5. The Labute approximate surface area is 284 Å². The Morgan fingerprint density at radius 2 is 1.32 bits per heavy atom. The molecular formula is C27H28B2F2N8O9P2. The van der Waals surface area contributed by atoms with Crippen LogP contribution in [-0.4, -0.2) is 107 Å². The van der Waals surface area contributed by atoms with Crippen molar-refractivity contribution in [2.45, 2.75) is 68.5 Å². The zero-order chi connectivity index (χ0) is 34.4. The molecule has 4 aromatic rings. The highest BCUT2D eigenvalue weighted by molar-refractivity contribution is 7.79. The Hall–Kier alpha value is -2.99. The number of nitrogens with zero attached hydrogens (tertiary/aromatic N) is 6. The number of ether oxygens (including phenoxy) is 2. The van der Waals surface area contributed by atoms with Gasteiger partial charge in [0.25, 0.3) is 14.9 Å².